The van der Waals surface area contributed by atoms with Crippen LogP contribution in [-0.2, 0) is 4.79 Å². The predicted molar refractivity (Wildman–Crippen MR) is 133 cm³/mol. The Morgan fingerprint density at radius 1 is 1.40 bits per heavy atom. The van der Waals surface area contributed by atoms with Gasteiger partial charge in [0.05, 0.1) is 46.2 Å². The van der Waals surface area contributed by atoms with Gasteiger partial charge in [-0.15, -0.1) is 11.3 Å². The Morgan fingerprint density at radius 3 is 2.89 bits per heavy atom. The molecule has 1 fully saturated rings. The number of benzene rings is 1. The molecule has 184 valence electrons. The number of amides is 1. The molecule has 10 heteroatoms. The molecule has 0 radical (unpaired) electrons. The van der Waals surface area contributed by atoms with Crippen molar-refractivity contribution in [2.45, 2.75) is 31.9 Å². The first-order valence-corrected chi connectivity index (χ1v) is 12.5. The van der Waals surface area contributed by atoms with Gasteiger partial charge in [-0.25, -0.2) is 9.87 Å². The van der Waals surface area contributed by atoms with Crippen LogP contribution in [0.4, 0.5) is 4.39 Å². The van der Waals surface area contributed by atoms with E-state index in [1.807, 2.05) is 0 Å². The topological polar surface area (TPSA) is 87.6 Å². The number of nitrogens with zero attached hydrogens (tertiary/aromatic N) is 3. The molecule has 0 spiro atoms. The van der Waals surface area contributed by atoms with Gasteiger partial charge in [-0.05, 0) is 43.9 Å². The standard InChI is InChI=1S/C25H26ClFN4O3S/c1-34-17-4-5-22-19(13-17)23(20(26)15-29-22)21(27)6-7-25(24(32)30-33)8-11-31(12-9-25)10-2-3-18-14-28-16-35-18/h4-5,13-16,21,33H,6-12H2,1H3,(H,30,32)/t21-/m1/s1. The van der Waals surface area contributed by atoms with Crippen LogP contribution in [-0.4, -0.2) is 52.7 Å². The Morgan fingerprint density at radius 2 is 2.20 bits per heavy atom. The van der Waals surface area contributed by atoms with Crippen LogP contribution in [0.3, 0.4) is 0 Å². The number of halogens is 2. The Kier molecular flexibility index (Phi) is 8.19. The summed E-state index contributed by atoms with van der Waals surface area (Å²) in [6.45, 7) is 1.82. The molecule has 0 bridgehead atoms. The van der Waals surface area contributed by atoms with Gasteiger partial charge < -0.3 is 4.74 Å². The van der Waals surface area contributed by atoms with E-state index in [0.717, 1.165) is 4.88 Å². The number of pyridine rings is 1. The largest absolute Gasteiger partial charge is 0.497 e. The minimum atomic E-state index is -1.41. The van der Waals surface area contributed by atoms with Crippen LogP contribution >= 0.6 is 22.9 Å². The number of carbonyl (C=O) groups is 1. The van der Waals surface area contributed by atoms with Gasteiger partial charge in [0.25, 0.3) is 0 Å². The fourth-order valence-electron chi connectivity index (χ4n) is 4.52. The Hall–Kier alpha value is -2.77. The van der Waals surface area contributed by atoms with E-state index < -0.39 is 17.5 Å². The summed E-state index contributed by atoms with van der Waals surface area (Å²) in [5, 5.41) is 10.2. The zero-order valence-electron chi connectivity index (χ0n) is 19.3. The summed E-state index contributed by atoms with van der Waals surface area (Å²) in [4.78, 5) is 24.0. The van der Waals surface area contributed by atoms with Gasteiger partial charge in [-0.3, -0.25) is 24.9 Å². The summed E-state index contributed by atoms with van der Waals surface area (Å²) < 4.78 is 20.9. The number of hydrogen-bond acceptors (Lipinski definition) is 7. The number of alkyl halides is 1. The maximum absolute atomic E-state index is 15.7. The number of aromatic nitrogens is 2. The van der Waals surface area contributed by atoms with Gasteiger partial charge >= 0.3 is 0 Å². The molecule has 4 rings (SSSR count). The summed E-state index contributed by atoms with van der Waals surface area (Å²) in [6, 6.07) is 5.24. The molecule has 1 aliphatic heterocycles. The zero-order valence-corrected chi connectivity index (χ0v) is 20.8. The number of hydroxylamine groups is 1. The van der Waals surface area contributed by atoms with Crippen molar-refractivity contribution in [1.29, 1.82) is 0 Å². The molecule has 35 heavy (non-hydrogen) atoms. The predicted octanol–water partition coefficient (Wildman–Crippen LogP) is 4.78. The van der Waals surface area contributed by atoms with Crippen LogP contribution in [0.2, 0.25) is 5.02 Å². The van der Waals surface area contributed by atoms with E-state index in [1.165, 1.54) is 17.5 Å². The van der Waals surface area contributed by atoms with Crippen molar-refractivity contribution >= 4 is 39.7 Å². The van der Waals surface area contributed by atoms with Gasteiger partial charge in [0.1, 0.15) is 11.9 Å². The highest BCUT2D eigenvalue weighted by Crippen LogP contribution is 2.42. The molecule has 1 amide bonds. The zero-order chi connectivity index (χ0) is 24.8. The average Bonchev–Trinajstić information content (AvgIpc) is 3.40. The molecule has 3 heterocycles. The van der Waals surface area contributed by atoms with E-state index in [0.29, 0.717) is 54.7 Å². The molecule has 1 atom stereocenters. The number of hydrogen-bond donors (Lipinski definition) is 2. The minimum Gasteiger partial charge on any atom is -0.497 e. The molecule has 1 aromatic carbocycles. The summed E-state index contributed by atoms with van der Waals surface area (Å²) in [6.07, 6.45) is 3.10. The maximum atomic E-state index is 15.7. The highest BCUT2D eigenvalue weighted by atomic mass is 35.5. The number of carbonyl (C=O) groups excluding carboxylic acids is 1. The molecule has 7 nitrogen and oxygen atoms in total. The lowest BCUT2D eigenvalue weighted by Gasteiger charge is -2.40. The number of thiazole rings is 1. The minimum absolute atomic E-state index is 0.0780. The second-order valence-electron chi connectivity index (χ2n) is 8.57. The first-order chi connectivity index (χ1) is 17.0. The summed E-state index contributed by atoms with van der Waals surface area (Å²) >= 11 is 7.85. The quantitative estimate of drug-likeness (QED) is 0.267. The van der Waals surface area contributed by atoms with Crippen molar-refractivity contribution in [3.05, 3.63) is 51.6 Å². The van der Waals surface area contributed by atoms with Crippen LogP contribution in [0.5, 0.6) is 5.75 Å². The highest BCUT2D eigenvalue weighted by molar-refractivity contribution is 7.10. The lowest BCUT2D eigenvalue weighted by atomic mass is 9.73. The molecule has 3 aromatic rings. The van der Waals surface area contributed by atoms with E-state index in [9.17, 15) is 10.0 Å². The molecule has 1 saturated heterocycles. The second-order valence-corrected chi connectivity index (χ2v) is 9.87. The fourth-order valence-corrected chi connectivity index (χ4v) is 5.28. The number of methoxy groups -OCH3 is 1. The van der Waals surface area contributed by atoms with Crippen molar-refractivity contribution in [1.82, 2.24) is 20.3 Å². The monoisotopic (exact) mass is 516 g/mol. The summed E-state index contributed by atoms with van der Waals surface area (Å²) in [7, 11) is 1.54. The third-order valence-corrected chi connectivity index (χ3v) is 7.59. The number of ether oxygens (including phenoxy) is 1. The van der Waals surface area contributed by atoms with Crippen molar-refractivity contribution in [3.8, 4) is 17.6 Å². The van der Waals surface area contributed by atoms with Crippen molar-refractivity contribution < 1.29 is 19.1 Å². The van der Waals surface area contributed by atoms with E-state index in [-0.39, 0.29) is 17.9 Å². The molecule has 2 N–H and O–H groups in total. The van der Waals surface area contributed by atoms with Gasteiger partial charge in [-0.1, -0.05) is 23.4 Å². The number of piperidine rings is 1. The molecule has 1 aliphatic rings. The van der Waals surface area contributed by atoms with Crippen molar-refractivity contribution in [2.75, 3.05) is 26.7 Å². The van der Waals surface area contributed by atoms with Crippen LogP contribution in [0.15, 0.2) is 36.1 Å². The van der Waals surface area contributed by atoms with Gasteiger partial charge in [0.15, 0.2) is 0 Å². The van der Waals surface area contributed by atoms with Crippen LogP contribution in [0.1, 0.15) is 42.3 Å². The van der Waals surface area contributed by atoms with Crippen molar-refractivity contribution in [3.63, 3.8) is 0 Å². The van der Waals surface area contributed by atoms with E-state index >= 15 is 4.39 Å². The van der Waals surface area contributed by atoms with Crippen LogP contribution < -0.4 is 10.2 Å². The maximum Gasteiger partial charge on any atom is 0.249 e. The van der Waals surface area contributed by atoms with E-state index in [4.69, 9.17) is 16.3 Å². The Bertz CT molecular complexity index is 1240. The van der Waals surface area contributed by atoms with Crippen molar-refractivity contribution in [2.24, 2.45) is 5.41 Å². The summed E-state index contributed by atoms with van der Waals surface area (Å²) in [5.41, 5.74) is 3.63. The van der Waals surface area contributed by atoms with Crippen LogP contribution in [0, 0.1) is 17.3 Å². The first kappa shape index (κ1) is 25.3. The number of likely N-dealkylation sites (tertiary alicyclic amines) is 1. The lowest BCUT2D eigenvalue weighted by Crippen LogP contribution is -2.48. The Balaban J connectivity index is 1.46. The highest BCUT2D eigenvalue weighted by Gasteiger charge is 2.41. The van der Waals surface area contributed by atoms with Gasteiger partial charge in [0, 0.05) is 30.2 Å². The Labute approximate surface area is 212 Å². The normalized spacial score (nSPS) is 16.3. The van der Waals surface area contributed by atoms with E-state index in [1.54, 1.807) is 42.5 Å². The van der Waals surface area contributed by atoms with Gasteiger partial charge in [0.2, 0.25) is 5.91 Å². The fraction of sp³-hybridized carbons (Fsp3) is 0.400. The molecular weight excluding hydrogens is 491 g/mol. The molecule has 0 unspecified atom stereocenters. The third-order valence-electron chi connectivity index (χ3n) is 6.60. The lowest BCUT2D eigenvalue weighted by molar-refractivity contribution is -0.143. The first-order valence-electron chi connectivity index (χ1n) is 11.3. The second kappa shape index (κ2) is 11.3. The summed E-state index contributed by atoms with van der Waals surface area (Å²) in [5.74, 6) is 6.32. The average molecular weight is 517 g/mol. The smallest absolute Gasteiger partial charge is 0.249 e. The number of fused-ring (bicyclic) bond motifs is 1. The number of nitrogens with one attached hydrogen (secondary N) is 1. The third kappa shape index (κ3) is 5.73. The van der Waals surface area contributed by atoms with Crippen LogP contribution in [0.25, 0.3) is 10.9 Å². The van der Waals surface area contributed by atoms with Gasteiger partial charge in [-0.2, -0.15) is 0 Å². The SMILES string of the molecule is COc1ccc2ncc(Cl)c([C@H](F)CCC3(C(=O)NO)CCN(CC#Cc4cncs4)CC3)c2c1. The molecule has 0 aliphatic carbocycles. The van der Waals surface area contributed by atoms with E-state index in [2.05, 4.69) is 26.7 Å². The molecule has 2 aromatic heterocycles. The molecular formula is C25H26ClFN4O3S. The molecule has 0 saturated carbocycles. The number of rotatable bonds is 7.